The van der Waals surface area contributed by atoms with E-state index < -0.39 is 47.0 Å². The molecule has 0 amide bonds. The SMILES string of the molecule is CCOc1nc(N)nc2c1ncn2[C@@H]1OC(OP(=O)(O)OP(=O)(O)OP(=O)(O)O)[C@@H](O)[C@@]1(C)Cl. The Balaban J connectivity index is 1.88. The molecule has 3 rings (SSSR count). The number of rotatable bonds is 9. The average molecular weight is 570 g/mol. The first-order chi connectivity index (χ1) is 15.5. The number of nitrogen functional groups attached to an aromatic ring is 1. The van der Waals surface area contributed by atoms with Crippen LogP contribution in [0.4, 0.5) is 5.95 Å². The van der Waals surface area contributed by atoms with Crippen LogP contribution in [0.5, 0.6) is 5.88 Å². The molecule has 3 unspecified atom stereocenters. The molecule has 0 aliphatic carbocycles. The normalized spacial score (nSPS) is 29.1. The third kappa shape index (κ3) is 5.94. The molecule has 18 nitrogen and oxygen atoms in total. The van der Waals surface area contributed by atoms with Crippen molar-refractivity contribution >= 4 is 52.2 Å². The van der Waals surface area contributed by atoms with Gasteiger partial charge in [-0.2, -0.15) is 18.6 Å². The highest BCUT2D eigenvalue weighted by Gasteiger charge is 2.57. The molecule has 1 aliphatic heterocycles. The lowest BCUT2D eigenvalue weighted by atomic mass is 10.0. The van der Waals surface area contributed by atoms with Crippen molar-refractivity contribution in [1.29, 1.82) is 0 Å². The van der Waals surface area contributed by atoms with Crippen LogP contribution in [0.3, 0.4) is 0 Å². The van der Waals surface area contributed by atoms with Crippen LogP contribution in [0.25, 0.3) is 11.2 Å². The highest BCUT2D eigenvalue weighted by molar-refractivity contribution is 7.66. The van der Waals surface area contributed by atoms with E-state index in [1.807, 2.05) is 0 Å². The van der Waals surface area contributed by atoms with Crippen LogP contribution in [0.1, 0.15) is 20.1 Å². The number of imidazole rings is 1. The number of phosphoric ester groups is 1. The van der Waals surface area contributed by atoms with Gasteiger partial charge in [-0.05, 0) is 13.8 Å². The molecule has 6 atom stereocenters. The molecule has 0 radical (unpaired) electrons. The molecule has 0 spiro atoms. The first kappa shape index (κ1) is 27.4. The van der Waals surface area contributed by atoms with E-state index in [4.69, 9.17) is 36.6 Å². The van der Waals surface area contributed by atoms with Crippen molar-refractivity contribution in [1.82, 2.24) is 19.5 Å². The molecule has 192 valence electrons. The molecule has 0 bridgehead atoms. The minimum Gasteiger partial charge on any atom is -0.476 e. The van der Waals surface area contributed by atoms with Gasteiger partial charge in [-0.15, -0.1) is 11.6 Å². The van der Waals surface area contributed by atoms with E-state index in [0.29, 0.717) is 0 Å². The largest absolute Gasteiger partial charge is 0.490 e. The Hall–Kier alpha value is -1.23. The monoisotopic (exact) mass is 569 g/mol. The number of phosphoric acid groups is 3. The number of halogens is 1. The number of nitrogens with zero attached hydrogens (tertiary/aromatic N) is 4. The highest BCUT2D eigenvalue weighted by Crippen LogP contribution is 2.67. The predicted octanol–water partition coefficient (Wildman–Crippen LogP) is 0.364. The van der Waals surface area contributed by atoms with Gasteiger partial charge in [0.05, 0.1) is 12.9 Å². The highest BCUT2D eigenvalue weighted by atomic mass is 35.5. The number of ether oxygens (including phenoxy) is 2. The first-order valence-electron chi connectivity index (χ1n) is 8.93. The molecule has 1 fully saturated rings. The summed E-state index contributed by atoms with van der Waals surface area (Å²) in [6.07, 6.45) is -4.12. The minimum atomic E-state index is -5.79. The molecule has 1 aliphatic rings. The number of nitrogens with two attached hydrogens (primary N) is 1. The maximum absolute atomic E-state index is 12.1. The van der Waals surface area contributed by atoms with Crippen LogP contribution >= 0.6 is 35.1 Å². The fourth-order valence-electron chi connectivity index (χ4n) is 2.91. The van der Waals surface area contributed by atoms with Gasteiger partial charge < -0.3 is 39.9 Å². The van der Waals surface area contributed by atoms with Crippen molar-refractivity contribution in [3.8, 4) is 5.88 Å². The quantitative estimate of drug-likeness (QED) is 0.176. The number of aliphatic hydroxyl groups is 1. The molecule has 0 aromatic carbocycles. The van der Waals surface area contributed by atoms with Gasteiger partial charge in [-0.25, -0.2) is 18.7 Å². The second-order valence-corrected chi connectivity index (χ2v) is 12.0. The first-order valence-corrected chi connectivity index (χ1v) is 13.8. The van der Waals surface area contributed by atoms with Gasteiger partial charge in [-0.3, -0.25) is 9.09 Å². The Kier molecular flexibility index (Phi) is 7.51. The van der Waals surface area contributed by atoms with Crippen LogP contribution in [-0.2, 0) is 31.6 Å². The van der Waals surface area contributed by atoms with Crippen molar-refractivity contribution in [2.75, 3.05) is 12.3 Å². The Morgan fingerprint density at radius 3 is 2.44 bits per heavy atom. The zero-order valence-electron chi connectivity index (χ0n) is 17.1. The summed E-state index contributed by atoms with van der Waals surface area (Å²) in [6, 6.07) is 0. The maximum atomic E-state index is 12.1. The van der Waals surface area contributed by atoms with Gasteiger partial charge in [0, 0.05) is 0 Å². The minimum absolute atomic E-state index is 0.0448. The number of aliphatic hydroxyl groups excluding tert-OH is 1. The topological polar surface area (TPSA) is 268 Å². The van der Waals surface area contributed by atoms with Crippen LogP contribution in [0, 0.1) is 0 Å². The summed E-state index contributed by atoms with van der Waals surface area (Å²) in [5.74, 6) is -0.152. The van der Waals surface area contributed by atoms with Crippen molar-refractivity contribution in [3.05, 3.63) is 6.33 Å². The fourth-order valence-corrected chi connectivity index (χ4v) is 6.26. The number of hydrogen-bond donors (Lipinski definition) is 6. The summed E-state index contributed by atoms with van der Waals surface area (Å²) in [6.45, 7) is 3.19. The molecular weight excluding hydrogens is 551 g/mol. The molecule has 0 saturated carbocycles. The van der Waals surface area contributed by atoms with Gasteiger partial charge in [0.15, 0.2) is 23.7 Å². The van der Waals surface area contributed by atoms with Crippen molar-refractivity contribution in [2.45, 2.75) is 37.3 Å². The standard InChI is InChI=1S/C12H19ClN5O13P3/c1-3-27-8-5-7(16-11(14)17-8)18(4-15-5)10-12(2,13)6(19)9(28-10)29-33(23,24)31-34(25,26)30-32(20,21)22/h4,6,9-10,19H,3H2,1-2H3,(H,23,24)(H,25,26)(H2,14,16,17)(H2,20,21,22)/t6-,9?,10-,12-/m1/s1. The van der Waals surface area contributed by atoms with Gasteiger partial charge in [0.2, 0.25) is 11.8 Å². The molecule has 1 saturated heterocycles. The van der Waals surface area contributed by atoms with E-state index in [1.54, 1.807) is 6.92 Å². The molecule has 2 aromatic rings. The number of alkyl halides is 1. The second-order valence-electron chi connectivity index (χ2n) is 6.79. The van der Waals surface area contributed by atoms with Crippen LogP contribution in [0.15, 0.2) is 6.33 Å². The van der Waals surface area contributed by atoms with Crippen molar-refractivity contribution < 1.29 is 61.0 Å². The van der Waals surface area contributed by atoms with Gasteiger partial charge >= 0.3 is 23.5 Å². The van der Waals surface area contributed by atoms with E-state index in [9.17, 15) is 28.6 Å². The van der Waals surface area contributed by atoms with Crippen LogP contribution in [-0.4, -0.2) is 68.1 Å². The van der Waals surface area contributed by atoms with Gasteiger partial charge in [-0.1, -0.05) is 0 Å². The van der Waals surface area contributed by atoms with Crippen molar-refractivity contribution in [2.24, 2.45) is 0 Å². The molecule has 3 heterocycles. The lowest BCUT2D eigenvalue weighted by Crippen LogP contribution is -2.39. The summed E-state index contributed by atoms with van der Waals surface area (Å²) in [5, 5.41) is 10.5. The van der Waals surface area contributed by atoms with Gasteiger partial charge in [0.1, 0.15) is 11.0 Å². The Morgan fingerprint density at radius 2 is 1.85 bits per heavy atom. The summed E-state index contributed by atoms with van der Waals surface area (Å²) in [5.41, 5.74) is 5.90. The number of hydrogen-bond acceptors (Lipinski definition) is 13. The Bertz CT molecular complexity index is 1220. The summed E-state index contributed by atoms with van der Waals surface area (Å²) >= 11 is 6.41. The second kappa shape index (κ2) is 9.33. The van der Waals surface area contributed by atoms with E-state index in [1.165, 1.54) is 17.8 Å². The Morgan fingerprint density at radius 1 is 1.21 bits per heavy atom. The summed E-state index contributed by atoms with van der Waals surface area (Å²) in [7, 11) is -17.0. The molecule has 34 heavy (non-hydrogen) atoms. The lowest BCUT2D eigenvalue weighted by Gasteiger charge is -2.26. The lowest BCUT2D eigenvalue weighted by molar-refractivity contribution is -0.133. The molecular formula is C12H19ClN5O13P3. The van der Waals surface area contributed by atoms with Crippen LogP contribution in [0.2, 0.25) is 0 Å². The smallest absolute Gasteiger partial charge is 0.476 e. The molecule has 2 aromatic heterocycles. The average Bonchev–Trinajstić information content (AvgIpc) is 3.12. The maximum Gasteiger partial charge on any atom is 0.490 e. The molecule has 7 N–H and O–H groups in total. The summed E-state index contributed by atoms with van der Waals surface area (Å²) < 4.78 is 58.2. The van der Waals surface area contributed by atoms with E-state index >= 15 is 0 Å². The van der Waals surface area contributed by atoms with Gasteiger partial charge in [0.25, 0.3) is 0 Å². The van der Waals surface area contributed by atoms with E-state index in [2.05, 4.69) is 28.1 Å². The molecule has 22 heteroatoms. The third-order valence-electron chi connectivity index (χ3n) is 4.18. The number of anilines is 1. The zero-order valence-corrected chi connectivity index (χ0v) is 20.5. The van der Waals surface area contributed by atoms with Crippen LogP contribution < -0.4 is 10.5 Å². The fraction of sp³-hybridized carbons (Fsp3) is 0.583. The number of fused-ring (bicyclic) bond motifs is 1. The summed E-state index contributed by atoms with van der Waals surface area (Å²) in [4.78, 5) is 46.5. The zero-order chi connectivity index (χ0) is 25.7. The number of aromatic nitrogens is 4. The van der Waals surface area contributed by atoms with E-state index in [0.717, 1.165) is 0 Å². The predicted molar refractivity (Wildman–Crippen MR) is 110 cm³/mol. The van der Waals surface area contributed by atoms with E-state index in [-0.39, 0.29) is 29.6 Å². The van der Waals surface area contributed by atoms with Crippen molar-refractivity contribution in [3.63, 3.8) is 0 Å². The Labute approximate surface area is 195 Å². The third-order valence-corrected chi connectivity index (χ3v) is 8.39.